The monoisotopic (exact) mass is 570 g/mol. The molecular weight excluding hydrogens is 535 g/mol. The highest BCUT2D eigenvalue weighted by Crippen LogP contribution is 2.36. The normalized spacial score (nSPS) is 15.8. The molecule has 1 amide bonds. The van der Waals surface area contributed by atoms with Crippen LogP contribution < -0.4 is 5.69 Å². The second-order valence-corrected chi connectivity index (χ2v) is 11.4. The van der Waals surface area contributed by atoms with Gasteiger partial charge < -0.3 is 19.6 Å². The zero-order chi connectivity index (χ0) is 29.5. The maximum absolute atomic E-state index is 14.4. The quantitative estimate of drug-likeness (QED) is 0.290. The van der Waals surface area contributed by atoms with Crippen LogP contribution in [0, 0.1) is 5.82 Å². The van der Waals surface area contributed by atoms with E-state index in [2.05, 4.69) is 21.1 Å². The number of fused-ring (bicyclic) bond motifs is 2. The van der Waals surface area contributed by atoms with Gasteiger partial charge >= 0.3 is 5.69 Å². The summed E-state index contributed by atoms with van der Waals surface area (Å²) in [4.78, 5) is 36.9. The Kier molecular flexibility index (Phi) is 7.42. The lowest BCUT2D eigenvalue weighted by Crippen LogP contribution is -2.33. The molecule has 1 aliphatic heterocycles. The van der Waals surface area contributed by atoms with Crippen LogP contribution in [0.25, 0.3) is 27.6 Å². The number of imidazole rings is 1. The fraction of sp³-hybridized carbons (Fsp3) is 0.344. The summed E-state index contributed by atoms with van der Waals surface area (Å²) in [5.74, 6) is -0.417. The topological polar surface area (TPSA) is 99.4 Å². The van der Waals surface area contributed by atoms with Crippen LogP contribution in [-0.4, -0.2) is 72.7 Å². The van der Waals surface area contributed by atoms with E-state index < -0.39 is 5.82 Å². The number of nitrogens with one attached hydrogen (secondary N) is 1. The van der Waals surface area contributed by atoms with Gasteiger partial charge in [0.05, 0.1) is 47.1 Å². The molecule has 1 unspecified atom stereocenters. The van der Waals surface area contributed by atoms with Gasteiger partial charge in [0, 0.05) is 44.0 Å². The van der Waals surface area contributed by atoms with E-state index in [1.807, 2.05) is 42.7 Å². The molecule has 0 spiro atoms. The number of nitrogens with zero attached hydrogens (tertiary/aromatic N) is 5. The molecule has 0 aliphatic carbocycles. The van der Waals surface area contributed by atoms with Crippen LogP contribution in [0.3, 0.4) is 0 Å². The second kappa shape index (κ2) is 11.2. The number of hydrogen-bond acceptors (Lipinski definition) is 5. The summed E-state index contributed by atoms with van der Waals surface area (Å²) in [6.07, 6.45) is 6.64. The Balaban J connectivity index is 1.29. The molecule has 0 bridgehead atoms. The largest absolute Gasteiger partial charge is 0.395 e. The molecule has 1 saturated heterocycles. The predicted molar refractivity (Wildman–Crippen MR) is 161 cm³/mol. The maximum Gasteiger partial charge on any atom is 0.326 e. The first kappa shape index (κ1) is 27.9. The van der Waals surface area contributed by atoms with Gasteiger partial charge in [0.2, 0.25) is 0 Å². The highest BCUT2D eigenvalue weighted by Gasteiger charge is 2.28. The van der Waals surface area contributed by atoms with Crippen LogP contribution in [-0.2, 0) is 13.1 Å². The Morgan fingerprint density at radius 3 is 2.81 bits per heavy atom. The van der Waals surface area contributed by atoms with Gasteiger partial charge in [-0.1, -0.05) is 6.07 Å². The van der Waals surface area contributed by atoms with E-state index >= 15 is 0 Å². The molecular formula is C32H35FN6O3. The standard InChI is InChI=1S/C32H35FN6O3/c1-20(2)36(3)31(41)25-15-23(33)5-7-28(25)39-19-26(24-8-10-34-16-30(24)39)22-9-11-37(18-22)17-21-4-6-29-27(14-21)35-32(42)38(29)12-13-40/h4-8,10,14-16,19-20,22,40H,9,11-13,17-18H2,1-3H3,(H,35,42). The molecule has 218 valence electrons. The van der Waals surface area contributed by atoms with Gasteiger partial charge in [-0.25, -0.2) is 9.18 Å². The highest BCUT2D eigenvalue weighted by molar-refractivity contribution is 5.99. The van der Waals surface area contributed by atoms with Gasteiger partial charge in [-0.15, -0.1) is 0 Å². The fourth-order valence-electron chi connectivity index (χ4n) is 6.06. The van der Waals surface area contributed by atoms with Crippen molar-refractivity contribution in [3.8, 4) is 5.69 Å². The third-order valence-electron chi connectivity index (χ3n) is 8.46. The van der Waals surface area contributed by atoms with Crippen molar-refractivity contribution in [1.29, 1.82) is 0 Å². The number of aromatic amines is 1. The molecule has 2 N–H and O–H groups in total. The Bertz CT molecular complexity index is 1840. The van der Waals surface area contributed by atoms with Crippen molar-refractivity contribution >= 4 is 27.8 Å². The lowest BCUT2D eigenvalue weighted by atomic mass is 9.98. The average molecular weight is 571 g/mol. The highest BCUT2D eigenvalue weighted by atomic mass is 19.1. The Morgan fingerprint density at radius 2 is 2.02 bits per heavy atom. The molecule has 4 heterocycles. The van der Waals surface area contributed by atoms with E-state index in [-0.39, 0.29) is 36.7 Å². The molecule has 6 rings (SSSR count). The van der Waals surface area contributed by atoms with Crippen molar-refractivity contribution in [3.63, 3.8) is 0 Å². The number of aromatic nitrogens is 4. The van der Waals surface area contributed by atoms with Crippen LogP contribution in [0.5, 0.6) is 0 Å². The van der Waals surface area contributed by atoms with Crippen molar-refractivity contribution in [3.05, 3.63) is 94.0 Å². The molecule has 1 atom stereocenters. The van der Waals surface area contributed by atoms with E-state index in [9.17, 15) is 19.1 Å². The lowest BCUT2D eigenvalue weighted by molar-refractivity contribution is 0.0754. The van der Waals surface area contributed by atoms with Crippen LogP contribution in [0.15, 0.2) is 65.8 Å². The zero-order valence-electron chi connectivity index (χ0n) is 24.0. The summed E-state index contributed by atoms with van der Waals surface area (Å²) in [6.45, 7) is 6.55. The van der Waals surface area contributed by atoms with Crippen molar-refractivity contribution in [2.45, 2.75) is 45.3 Å². The number of pyridine rings is 1. The first-order chi connectivity index (χ1) is 20.2. The predicted octanol–water partition coefficient (Wildman–Crippen LogP) is 4.27. The number of hydrogen-bond donors (Lipinski definition) is 2. The summed E-state index contributed by atoms with van der Waals surface area (Å²) < 4.78 is 17.9. The van der Waals surface area contributed by atoms with Gasteiger partial charge in [-0.3, -0.25) is 19.2 Å². The van der Waals surface area contributed by atoms with E-state index in [0.29, 0.717) is 11.3 Å². The van der Waals surface area contributed by atoms with Crippen LogP contribution in [0.4, 0.5) is 4.39 Å². The zero-order valence-corrected chi connectivity index (χ0v) is 24.0. The molecule has 9 nitrogen and oxygen atoms in total. The lowest BCUT2D eigenvalue weighted by Gasteiger charge is -2.23. The average Bonchev–Trinajstić information content (AvgIpc) is 3.68. The summed E-state index contributed by atoms with van der Waals surface area (Å²) in [7, 11) is 1.73. The number of benzene rings is 2. The number of halogens is 1. The first-order valence-corrected chi connectivity index (χ1v) is 14.3. The minimum atomic E-state index is -0.451. The third-order valence-corrected chi connectivity index (χ3v) is 8.46. The molecule has 3 aromatic heterocycles. The van der Waals surface area contributed by atoms with Crippen LogP contribution >= 0.6 is 0 Å². The van der Waals surface area contributed by atoms with Gasteiger partial charge in [0.25, 0.3) is 5.91 Å². The summed E-state index contributed by atoms with van der Waals surface area (Å²) >= 11 is 0. The SMILES string of the molecule is CC(C)N(C)C(=O)c1cc(F)ccc1-n1cc(C2CCN(Cc3ccc4c(c3)[nH]c(=O)n4CCO)C2)c2ccncc21. The number of likely N-dealkylation sites (tertiary alicyclic amines) is 1. The summed E-state index contributed by atoms with van der Waals surface area (Å²) in [5, 5.41) is 10.4. The van der Waals surface area contributed by atoms with Crippen LogP contribution in [0.2, 0.25) is 0 Å². The Morgan fingerprint density at radius 1 is 1.19 bits per heavy atom. The summed E-state index contributed by atoms with van der Waals surface area (Å²) in [5.41, 5.74) is 5.44. The van der Waals surface area contributed by atoms with Gasteiger partial charge in [0.15, 0.2) is 0 Å². The molecule has 1 fully saturated rings. The maximum atomic E-state index is 14.4. The minimum absolute atomic E-state index is 0.0295. The number of aliphatic hydroxyl groups is 1. The Labute approximate surface area is 242 Å². The molecule has 1 aliphatic rings. The minimum Gasteiger partial charge on any atom is -0.395 e. The molecule has 2 aromatic carbocycles. The van der Waals surface area contributed by atoms with Crippen molar-refractivity contribution in [2.24, 2.45) is 0 Å². The number of H-pyrrole nitrogens is 1. The number of carbonyl (C=O) groups excluding carboxylic acids is 1. The van der Waals surface area contributed by atoms with Gasteiger partial charge in [-0.2, -0.15) is 0 Å². The van der Waals surface area contributed by atoms with Crippen molar-refractivity contribution in [1.82, 2.24) is 28.9 Å². The van der Waals surface area contributed by atoms with E-state index in [0.717, 1.165) is 53.6 Å². The van der Waals surface area contributed by atoms with E-state index in [4.69, 9.17) is 0 Å². The number of amides is 1. The van der Waals surface area contributed by atoms with E-state index in [1.165, 1.54) is 17.7 Å². The molecule has 5 aromatic rings. The first-order valence-electron chi connectivity index (χ1n) is 14.3. The fourth-order valence-corrected chi connectivity index (χ4v) is 6.06. The number of aliphatic hydroxyl groups excluding tert-OH is 1. The molecule has 10 heteroatoms. The van der Waals surface area contributed by atoms with Gasteiger partial charge in [0.1, 0.15) is 5.82 Å². The third kappa shape index (κ3) is 5.01. The summed E-state index contributed by atoms with van der Waals surface area (Å²) in [6, 6.07) is 12.3. The molecule has 42 heavy (non-hydrogen) atoms. The molecule has 0 radical (unpaired) electrons. The number of carbonyl (C=O) groups is 1. The smallest absolute Gasteiger partial charge is 0.326 e. The second-order valence-electron chi connectivity index (χ2n) is 11.4. The van der Waals surface area contributed by atoms with Crippen molar-refractivity contribution < 1.29 is 14.3 Å². The van der Waals surface area contributed by atoms with Crippen LogP contribution in [0.1, 0.15) is 47.7 Å². The number of rotatable bonds is 8. The van der Waals surface area contributed by atoms with Gasteiger partial charge in [-0.05, 0) is 80.3 Å². The molecule has 0 saturated carbocycles. The van der Waals surface area contributed by atoms with E-state index in [1.54, 1.807) is 35.0 Å². The Hall–Kier alpha value is -4.28. The van der Waals surface area contributed by atoms with Crippen molar-refractivity contribution in [2.75, 3.05) is 26.7 Å².